The van der Waals surface area contributed by atoms with E-state index in [0.717, 1.165) is 12.8 Å². The highest BCUT2D eigenvalue weighted by Gasteiger charge is 2.31. The molecule has 1 aliphatic heterocycles. The molecule has 1 heterocycles. The molecular weight excluding hydrogens is 210 g/mol. The lowest BCUT2D eigenvalue weighted by Crippen LogP contribution is -2.42. The fourth-order valence-corrected chi connectivity index (χ4v) is 1.89. The van der Waals surface area contributed by atoms with Crippen molar-refractivity contribution in [1.29, 1.82) is 0 Å². The first-order chi connectivity index (χ1) is 7.54. The second-order valence-electron chi connectivity index (χ2n) is 4.17. The van der Waals surface area contributed by atoms with Crippen LogP contribution in [0.1, 0.15) is 33.1 Å². The largest absolute Gasteiger partial charge is 0.480 e. The molecule has 2 unspecified atom stereocenters. The Morgan fingerprint density at radius 3 is 2.56 bits per heavy atom. The van der Waals surface area contributed by atoms with Gasteiger partial charge < -0.3 is 14.7 Å². The van der Waals surface area contributed by atoms with Crippen LogP contribution in [0.5, 0.6) is 0 Å². The van der Waals surface area contributed by atoms with E-state index in [1.807, 2.05) is 13.8 Å². The van der Waals surface area contributed by atoms with Crippen LogP contribution in [0.2, 0.25) is 0 Å². The first-order valence-electron chi connectivity index (χ1n) is 5.70. The molecule has 0 aromatic carbocycles. The first-order valence-corrected chi connectivity index (χ1v) is 5.70. The van der Waals surface area contributed by atoms with Gasteiger partial charge >= 0.3 is 5.97 Å². The highest BCUT2D eigenvalue weighted by molar-refractivity contribution is 5.84. The van der Waals surface area contributed by atoms with Crippen molar-refractivity contribution in [3.63, 3.8) is 0 Å². The number of carbonyl (C=O) groups excluding carboxylic acids is 1. The van der Waals surface area contributed by atoms with Gasteiger partial charge in [-0.05, 0) is 26.2 Å². The number of carboxylic acids is 1. The number of rotatable bonds is 5. The van der Waals surface area contributed by atoms with Crippen LogP contribution in [0.4, 0.5) is 0 Å². The molecule has 1 saturated heterocycles. The van der Waals surface area contributed by atoms with Gasteiger partial charge in [0.15, 0.2) is 0 Å². The summed E-state index contributed by atoms with van der Waals surface area (Å²) in [4.78, 5) is 24.0. The van der Waals surface area contributed by atoms with Crippen LogP contribution in [0.15, 0.2) is 0 Å². The van der Waals surface area contributed by atoms with Crippen molar-refractivity contribution >= 4 is 11.9 Å². The summed E-state index contributed by atoms with van der Waals surface area (Å²) in [5.41, 5.74) is 0. The van der Waals surface area contributed by atoms with Crippen molar-refractivity contribution in [2.45, 2.75) is 45.3 Å². The summed E-state index contributed by atoms with van der Waals surface area (Å²) in [6.07, 6.45) is 1.97. The molecular formula is C11H19NO4. The molecule has 0 radical (unpaired) electrons. The minimum absolute atomic E-state index is 0.0993. The number of hydrogen-bond acceptors (Lipinski definition) is 3. The Morgan fingerprint density at radius 2 is 2.12 bits per heavy atom. The number of amides is 1. The number of carbonyl (C=O) groups is 2. The maximum absolute atomic E-state index is 12.0. The van der Waals surface area contributed by atoms with Gasteiger partial charge in [0, 0.05) is 6.54 Å². The summed E-state index contributed by atoms with van der Waals surface area (Å²) in [7, 11) is 0. The molecule has 2 atom stereocenters. The Balaban J connectivity index is 2.56. The number of nitrogens with zero attached hydrogens (tertiary/aromatic N) is 1. The third kappa shape index (κ3) is 3.48. The molecule has 92 valence electrons. The highest BCUT2D eigenvalue weighted by Crippen LogP contribution is 2.20. The zero-order valence-corrected chi connectivity index (χ0v) is 9.81. The van der Waals surface area contributed by atoms with Crippen LogP contribution >= 0.6 is 0 Å². The van der Waals surface area contributed by atoms with Crippen LogP contribution in [0.25, 0.3) is 0 Å². The van der Waals surface area contributed by atoms with Crippen molar-refractivity contribution in [1.82, 2.24) is 4.90 Å². The van der Waals surface area contributed by atoms with Gasteiger partial charge in [-0.25, -0.2) is 0 Å². The Morgan fingerprint density at radius 1 is 1.44 bits per heavy atom. The van der Waals surface area contributed by atoms with E-state index in [9.17, 15) is 9.59 Å². The molecule has 1 amide bonds. The number of aliphatic carboxylic acids is 1. The quantitative estimate of drug-likeness (QED) is 0.759. The Bertz CT molecular complexity index is 267. The molecule has 0 bridgehead atoms. The third-order valence-electron chi connectivity index (χ3n) is 2.64. The van der Waals surface area contributed by atoms with Crippen LogP contribution in [-0.2, 0) is 14.3 Å². The molecule has 0 aliphatic carbocycles. The topological polar surface area (TPSA) is 66.8 Å². The zero-order valence-electron chi connectivity index (χ0n) is 9.81. The smallest absolute Gasteiger partial charge is 0.323 e. The highest BCUT2D eigenvalue weighted by atomic mass is 16.5. The predicted molar refractivity (Wildman–Crippen MR) is 58.1 cm³/mol. The van der Waals surface area contributed by atoms with E-state index in [1.54, 1.807) is 0 Å². The lowest BCUT2D eigenvalue weighted by atomic mass is 10.2. The number of ether oxygens (including phenoxy) is 1. The normalized spacial score (nSPS) is 24.4. The SMILES string of the molecule is CCCN(CC(=O)O)C(=O)C1CCC(C)O1. The summed E-state index contributed by atoms with van der Waals surface area (Å²) in [6, 6.07) is 0. The summed E-state index contributed by atoms with van der Waals surface area (Å²) in [6.45, 7) is 4.08. The summed E-state index contributed by atoms with van der Waals surface area (Å²) < 4.78 is 5.45. The molecule has 0 saturated carbocycles. The Hall–Kier alpha value is -1.10. The number of carboxylic acid groups (broad SMARTS) is 1. The Labute approximate surface area is 95.4 Å². The van der Waals surface area contributed by atoms with Gasteiger partial charge in [0.25, 0.3) is 5.91 Å². The average Bonchev–Trinajstić information content (AvgIpc) is 2.62. The van der Waals surface area contributed by atoms with E-state index in [1.165, 1.54) is 4.90 Å². The van der Waals surface area contributed by atoms with Gasteiger partial charge in [-0.3, -0.25) is 9.59 Å². The summed E-state index contributed by atoms with van der Waals surface area (Å²) >= 11 is 0. The lowest BCUT2D eigenvalue weighted by molar-refractivity contribution is -0.150. The molecule has 16 heavy (non-hydrogen) atoms. The zero-order chi connectivity index (χ0) is 12.1. The predicted octanol–water partition coefficient (Wildman–Crippen LogP) is 0.877. The van der Waals surface area contributed by atoms with Gasteiger partial charge in [-0.1, -0.05) is 6.92 Å². The fraction of sp³-hybridized carbons (Fsp3) is 0.818. The molecule has 0 aromatic heterocycles. The van der Waals surface area contributed by atoms with Gasteiger partial charge in [-0.15, -0.1) is 0 Å². The minimum Gasteiger partial charge on any atom is -0.480 e. The summed E-state index contributed by atoms with van der Waals surface area (Å²) in [5.74, 6) is -1.17. The Kier molecular flexibility index (Phi) is 4.73. The van der Waals surface area contributed by atoms with Crippen LogP contribution in [0, 0.1) is 0 Å². The molecule has 5 nitrogen and oxygen atoms in total. The van der Waals surface area contributed by atoms with Crippen molar-refractivity contribution in [3.8, 4) is 0 Å². The van der Waals surface area contributed by atoms with Crippen LogP contribution in [0.3, 0.4) is 0 Å². The minimum atomic E-state index is -0.979. The van der Waals surface area contributed by atoms with E-state index < -0.39 is 12.1 Å². The van der Waals surface area contributed by atoms with Gasteiger partial charge in [-0.2, -0.15) is 0 Å². The second-order valence-corrected chi connectivity index (χ2v) is 4.17. The molecule has 1 N–H and O–H groups in total. The molecule has 0 aromatic rings. The molecule has 1 rings (SSSR count). The summed E-state index contributed by atoms with van der Waals surface area (Å²) in [5, 5.41) is 8.72. The van der Waals surface area contributed by atoms with Gasteiger partial charge in [0.2, 0.25) is 0 Å². The monoisotopic (exact) mass is 229 g/mol. The van der Waals surface area contributed by atoms with E-state index in [-0.39, 0.29) is 18.6 Å². The van der Waals surface area contributed by atoms with E-state index >= 15 is 0 Å². The lowest BCUT2D eigenvalue weighted by Gasteiger charge is -2.23. The van der Waals surface area contributed by atoms with Crippen LogP contribution in [-0.4, -0.2) is 47.2 Å². The molecule has 1 fully saturated rings. The standard InChI is InChI=1S/C11H19NO4/c1-3-6-12(7-10(13)14)11(15)9-5-4-8(2)16-9/h8-9H,3-7H2,1-2H3,(H,13,14). The van der Waals surface area contributed by atoms with Crippen molar-refractivity contribution in [2.24, 2.45) is 0 Å². The number of hydrogen-bond donors (Lipinski definition) is 1. The molecule has 5 heteroatoms. The van der Waals surface area contributed by atoms with E-state index in [0.29, 0.717) is 13.0 Å². The average molecular weight is 229 g/mol. The first kappa shape index (κ1) is 13.0. The molecule has 0 spiro atoms. The van der Waals surface area contributed by atoms with Crippen LogP contribution < -0.4 is 0 Å². The van der Waals surface area contributed by atoms with Crippen molar-refractivity contribution < 1.29 is 19.4 Å². The molecule has 1 aliphatic rings. The van der Waals surface area contributed by atoms with E-state index in [2.05, 4.69) is 0 Å². The second kappa shape index (κ2) is 5.84. The van der Waals surface area contributed by atoms with E-state index in [4.69, 9.17) is 9.84 Å². The maximum Gasteiger partial charge on any atom is 0.323 e. The van der Waals surface area contributed by atoms with Gasteiger partial charge in [0.1, 0.15) is 12.6 Å². The van der Waals surface area contributed by atoms with Gasteiger partial charge in [0.05, 0.1) is 6.10 Å². The maximum atomic E-state index is 12.0. The van der Waals surface area contributed by atoms with Crippen molar-refractivity contribution in [2.75, 3.05) is 13.1 Å². The third-order valence-corrected chi connectivity index (χ3v) is 2.64. The van der Waals surface area contributed by atoms with Crippen molar-refractivity contribution in [3.05, 3.63) is 0 Å². The fourth-order valence-electron chi connectivity index (χ4n) is 1.89.